The standard InChI is InChI=1S/C11H9ClO2/c1-6-2-3-7-8(4-6)11(7)9(13)5-10(12)14/h2-4,11H,5H2,1H3. The van der Waals surface area contributed by atoms with Crippen LogP contribution in [0.3, 0.4) is 0 Å². The minimum atomic E-state index is -0.579. The summed E-state index contributed by atoms with van der Waals surface area (Å²) in [7, 11) is 0. The van der Waals surface area contributed by atoms with Gasteiger partial charge in [0.25, 0.3) is 0 Å². The Kier molecular flexibility index (Phi) is 2.16. The maximum atomic E-state index is 11.5. The second-order valence-electron chi connectivity index (χ2n) is 3.56. The number of rotatable bonds is 3. The summed E-state index contributed by atoms with van der Waals surface area (Å²) in [6, 6.07) is 5.89. The number of aryl methyl sites for hydroxylation is 1. The van der Waals surface area contributed by atoms with E-state index in [1.807, 2.05) is 25.1 Å². The average molecular weight is 209 g/mol. The second-order valence-corrected chi connectivity index (χ2v) is 3.99. The summed E-state index contributed by atoms with van der Waals surface area (Å²) in [4.78, 5) is 22.0. The van der Waals surface area contributed by atoms with Crippen LogP contribution >= 0.6 is 11.6 Å². The van der Waals surface area contributed by atoms with E-state index < -0.39 is 5.24 Å². The lowest BCUT2D eigenvalue weighted by atomic mass is 10.1. The lowest BCUT2D eigenvalue weighted by molar-refractivity contribution is -0.123. The SMILES string of the molecule is Cc1ccc2c(c1)C2C(=O)CC(=O)Cl. The fraction of sp³-hybridized carbons (Fsp3) is 0.273. The largest absolute Gasteiger partial charge is 0.298 e. The summed E-state index contributed by atoms with van der Waals surface area (Å²) < 4.78 is 0. The Bertz CT molecular complexity index is 423. The Morgan fingerprint density at radius 2 is 2.07 bits per heavy atom. The van der Waals surface area contributed by atoms with Crippen LogP contribution < -0.4 is 0 Å². The molecule has 2 nitrogen and oxygen atoms in total. The first kappa shape index (κ1) is 9.41. The van der Waals surface area contributed by atoms with Crippen molar-refractivity contribution in [1.82, 2.24) is 0 Å². The van der Waals surface area contributed by atoms with Gasteiger partial charge in [-0.1, -0.05) is 23.8 Å². The van der Waals surface area contributed by atoms with Gasteiger partial charge in [0.2, 0.25) is 5.24 Å². The molecule has 0 aliphatic heterocycles. The fourth-order valence-corrected chi connectivity index (χ4v) is 1.85. The van der Waals surface area contributed by atoms with Crippen LogP contribution in [0.4, 0.5) is 0 Å². The molecule has 0 N–H and O–H groups in total. The molecule has 1 aromatic rings. The average Bonchev–Trinajstić information content (AvgIpc) is 2.75. The molecule has 0 saturated carbocycles. The number of carbonyl (C=O) groups excluding carboxylic acids is 2. The number of halogens is 1. The van der Waals surface area contributed by atoms with E-state index in [9.17, 15) is 9.59 Å². The molecule has 72 valence electrons. The molecule has 0 fully saturated rings. The third-order valence-corrected chi connectivity index (χ3v) is 2.55. The van der Waals surface area contributed by atoms with Crippen molar-refractivity contribution in [3.8, 4) is 0 Å². The molecule has 2 rings (SSSR count). The minimum Gasteiger partial charge on any atom is -0.298 e. The first-order valence-corrected chi connectivity index (χ1v) is 4.79. The van der Waals surface area contributed by atoms with Crippen molar-refractivity contribution in [2.24, 2.45) is 0 Å². The van der Waals surface area contributed by atoms with E-state index in [-0.39, 0.29) is 18.1 Å². The van der Waals surface area contributed by atoms with E-state index in [1.165, 1.54) is 0 Å². The zero-order valence-corrected chi connectivity index (χ0v) is 8.47. The molecule has 0 aromatic heterocycles. The Balaban J connectivity index is 2.13. The van der Waals surface area contributed by atoms with E-state index in [0.717, 1.165) is 16.7 Å². The highest BCUT2D eigenvalue weighted by Gasteiger charge is 2.38. The summed E-state index contributed by atoms with van der Waals surface area (Å²) in [5.41, 5.74) is 3.22. The molecular formula is C11H9ClO2. The number of Topliss-reactive ketones (excluding diaryl/α,β-unsaturated/α-hetero) is 1. The summed E-state index contributed by atoms with van der Waals surface area (Å²) in [6.07, 6.45) is -0.167. The Morgan fingerprint density at radius 1 is 1.36 bits per heavy atom. The second kappa shape index (κ2) is 3.21. The Morgan fingerprint density at radius 3 is 2.64 bits per heavy atom. The van der Waals surface area contributed by atoms with Gasteiger partial charge in [-0.3, -0.25) is 9.59 Å². The van der Waals surface area contributed by atoms with Gasteiger partial charge < -0.3 is 0 Å². The van der Waals surface area contributed by atoms with Crippen LogP contribution in [0.1, 0.15) is 29.0 Å². The number of benzene rings is 1. The monoisotopic (exact) mass is 208 g/mol. The Labute approximate surface area is 86.9 Å². The highest BCUT2D eigenvalue weighted by atomic mass is 35.5. The predicted octanol–water partition coefficient (Wildman–Crippen LogP) is 2.16. The first-order chi connectivity index (χ1) is 6.59. The van der Waals surface area contributed by atoms with Crippen LogP contribution in [0.2, 0.25) is 0 Å². The third kappa shape index (κ3) is 1.58. The molecule has 0 spiro atoms. The maximum Gasteiger partial charge on any atom is 0.229 e. The van der Waals surface area contributed by atoms with E-state index in [2.05, 4.69) is 0 Å². The molecular weight excluding hydrogens is 200 g/mol. The lowest BCUT2D eigenvalue weighted by Crippen LogP contribution is -2.03. The van der Waals surface area contributed by atoms with Crippen molar-refractivity contribution in [1.29, 1.82) is 0 Å². The van der Waals surface area contributed by atoms with Crippen LogP contribution in [0.5, 0.6) is 0 Å². The van der Waals surface area contributed by atoms with Crippen LogP contribution in [0.25, 0.3) is 0 Å². The minimum absolute atomic E-state index is 0.0920. The van der Waals surface area contributed by atoms with Crippen LogP contribution in [0, 0.1) is 6.92 Å². The van der Waals surface area contributed by atoms with Crippen molar-refractivity contribution >= 4 is 22.6 Å². The summed E-state index contributed by atoms with van der Waals surface area (Å²) in [6.45, 7) is 1.98. The van der Waals surface area contributed by atoms with E-state index in [4.69, 9.17) is 11.6 Å². The smallest absolute Gasteiger partial charge is 0.229 e. The molecule has 1 unspecified atom stereocenters. The van der Waals surface area contributed by atoms with E-state index in [0.29, 0.717) is 0 Å². The molecule has 3 heteroatoms. The number of fused-ring (bicyclic) bond motifs is 1. The maximum absolute atomic E-state index is 11.5. The molecule has 0 bridgehead atoms. The molecule has 0 saturated heterocycles. The topological polar surface area (TPSA) is 34.1 Å². The van der Waals surface area contributed by atoms with Gasteiger partial charge in [-0.15, -0.1) is 0 Å². The van der Waals surface area contributed by atoms with Gasteiger partial charge in [0, 0.05) is 0 Å². The molecule has 14 heavy (non-hydrogen) atoms. The van der Waals surface area contributed by atoms with Crippen molar-refractivity contribution in [2.45, 2.75) is 19.3 Å². The van der Waals surface area contributed by atoms with Gasteiger partial charge in [-0.25, -0.2) is 0 Å². The fourth-order valence-electron chi connectivity index (χ4n) is 1.72. The van der Waals surface area contributed by atoms with E-state index in [1.54, 1.807) is 0 Å². The molecule has 1 aliphatic rings. The van der Waals surface area contributed by atoms with Gasteiger partial charge in [0.15, 0.2) is 5.78 Å². The normalized spacial score (nSPS) is 17.4. The molecule has 1 aromatic carbocycles. The van der Waals surface area contributed by atoms with Crippen molar-refractivity contribution < 1.29 is 9.59 Å². The quantitative estimate of drug-likeness (QED) is 0.564. The van der Waals surface area contributed by atoms with E-state index >= 15 is 0 Å². The van der Waals surface area contributed by atoms with Crippen LogP contribution in [-0.2, 0) is 9.59 Å². The van der Waals surface area contributed by atoms with Gasteiger partial charge in [0.05, 0.1) is 12.3 Å². The highest BCUT2D eigenvalue weighted by molar-refractivity contribution is 6.65. The molecule has 0 heterocycles. The van der Waals surface area contributed by atoms with Gasteiger partial charge in [0.1, 0.15) is 0 Å². The van der Waals surface area contributed by atoms with Gasteiger partial charge in [-0.2, -0.15) is 0 Å². The highest BCUT2D eigenvalue weighted by Crippen LogP contribution is 2.44. The van der Waals surface area contributed by atoms with Crippen LogP contribution in [-0.4, -0.2) is 11.0 Å². The predicted molar refractivity (Wildman–Crippen MR) is 53.5 cm³/mol. The molecule has 1 aliphatic carbocycles. The van der Waals surface area contributed by atoms with Crippen molar-refractivity contribution in [3.05, 3.63) is 34.9 Å². The van der Waals surface area contributed by atoms with Crippen molar-refractivity contribution in [2.75, 3.05) is 0 Å². The van der Waals surface area contributed by atoms with Gasteiger partial charge >= 0.3 is 0 Å². The number of ketones is 1. The molecule has 0 radical (unpaired) electrons. The molecule has 0 amide bonds. The number of hydrogen-bond donors (Lipinski definition) is 0. The first-order valence-electron chi connectivity index (χ1n) is 4.41. The van der Waals surface area contributed by atoms with Crippen LogP contribution in [0.15, 0.2) is 18.2 Å². The number of hydrogen-bond acceptors (Lipinski definition) is 2. The summed E-state index contributed by atoms with van der Waals surface area (Å²) in [5.74, 6) is -0.253. The zero-order chi connectivity index (χ0) is 10.3. The zero-order valence-electron chi connectivity index (χ0n) is 7.71. The summed E-state index contributed by atoms with van der Waals surface area (Å²) >= 11 is 5.16. The third-order valence-electron chi connectivity index (χ3n) is 2.42. The molecule has 1 atom stereocenters. The van der Waals surface area contributed by atoms with Crippen molar-refractivity contribution in [3.63, 3.8) is 0 Å². The van der Waals surface area contributed by atoms with Gasteiger partial charge in [-0.05, 0) is 29.7 Å². The summed E-state index contributed by atoms with van der Waals surface area (Å²) in [5, 5.41) is -0.579. The Hall–Kier alpha value is -1.15. The lowest BCUT2D eigenvalue weighted by Gasteiger charge is -1.90. The number of carbonyl (C=O) groups is 2.